The summed E-state index contributed by atoms with van der Waals surface area (Å²) in [6.45, 7) is 3.27. The van der Waals surface area contributed by atoms with Crippen LogP contribution < -0.4 is 5.32 Å². The van der Waals surface area contributed by atoms with Crippen LogP contribution >= 0.6 is 7.82 Å². The molecule has 0 aliphatic rings. The van der Waals surface area contributed by atoms with Crippen molar-refractivity contribution in [1.29, 1.82) is 0 Å². The average molecular weight is 696 g/mol. The van der Waals surface area contributed by atoms with E-state index in [1.165, 1.54) is 19.3 Å². The molecule has 0 rings (SSSR count). The molecule has 0 spiro atoms. The maximum atomic E-state index is 11.9. The van der Waals surface area contributed by atoms with E-state index in [2.05, 4.69) is 79.9 Å². The minimum atomic E-state index is -4.40. The zero-order chi connectivity index (χ0) is 35.4. The van der Waals surface area contributed by atoms with E-state index in [0.717, 1.165) is 89.9 Å². The van der Waals surface area contributed by atoms with E-state index in [-0.39, 0.29) is 32.1 Å². The molecular weight excluding hydrogens is 629 g/mol. The van der Waals surface area contributed by atoms with E-state index in [4.69, 9.17) is 13.8 Å². The van der Waals surface area contributed by atoms with Gasteiger partial charge in [0.05, 0.1) is 13.2 Å². The fourth-order valence-corrected chi connectivity index (χ4v) is 5.22. The van der Waals surface area contributed by atoms with Gasteiger partial charge in [0.1, 0.15) is 12.7 Å². The third-order valence-corrected chi connectivity index (χ3v) is 8.20. The maximum absolute atomic E-state index is 11.9. The Morgan fingerprint density at radius 1 is 0.667 bits per heavy atom. The van der Waals surface area contributed by atoms with Crippen LogP contribution in [0, 0.1) is 0 Å². The quantitative estimate of drug-likeness (QED) is 0.0268. The summed E-state index contributed by atoms with van der Waals surface area (Å²) in [6.07, 6.45) is 39.2. The van der Waals surface area contributed by atoms with Gasteiger partial charge in [-0.15, -0.1) is 0 Å². The van der Waals surface area contributed by atoms with Gasteiger partial charge in [-0.3, -0.25) is 18.6 Å². The molecule has 0 saturated heterocycles. The Hall–Kier alpha value is -2.29. The Kier molecular flexibility index (Phi) is 32.9. The van der Waals surface area contributed by atoms with Crippen molar-refractivity contribution in [2.24, 2.45) is 0 Å². The van der Waals surface area contributed by atoms with E-state index in [0.29, 0.717) is 6.42 Å². The highest BCUT2D eigenvalue weighted by Gasteiger charge is 2.23. The molecule has 0 aliphatic heterocycles. The summed E-state index contributed by atoms with van der Waals surface area (Å²) in [7, 11) is -4.40. The van der Waals surface area contributed by atoms with Crippen molar-refractivity contribution in [2.45, 2.75) is 142 Å². The second kappa shape index (κ2) is 34.6. The molecule has 276 valence electrons. The average Bonchev–Trinajstić information content (AvgIpc) is 3.07. The van der Waals surface area contributed by atoms with E-state index >= 15 is 0 Å². The van der Waals surface area contributed by atoms with Gasteiger partial charge in [-0.25, -0.2) is 4.57 Å². The van der Waals surface area contributed by atoms with Crippen LogP contribution in [0.15, 0.2) is 60.8 Å². The number of esters is 1. The number of carbonyl (C=O) groups is 2. The van der Waals surface area contributed by atoms with Crippen LogP contribution in [0.3, 0.4) is 0 Å². The van der Waals surface area contributed by atoms with Gasteiger partial charge in [0, 0.05) is 19.4 Å². The molecule has 0 heterocycles. The highest BCUT2D eigenvalue weighted by atomic mass is 31.2. The van der Waals surface area contributed by atoms with Crippen LogP contribution in [0.2, 0.25) is 0 Å². The van der Waals surface area contributed by atoms with Crippen molar-refractivity contribution in [2.75, 3.05) is 26.4 Å². The van der Waals surface area contributed by atoms with Crippen LogP contribution in [0.4, 0.5) is 0 Å². The number of allylic oxidation sites excluding steroid dienone is 10. The summed E-state index contributed by atoms with van der Waals surface area (Å²) in [5.74, 6) is -0.552. The van der Waals surface area contributed by atoms with Gasteiger partial charge in [-0.2, -0.15) is 0 Å². The molecule has 10 heteroatoms. The second-order valence-electron chi connectivity index (χ2n) is 11.8. The number of unbranched alkanes of at least 4 members (excludes halogenated alkanes) is 10. The summed E-state index contributed by atoms with van der Waals surface area (Å²) >= 11 is 0. The molecule has 0 radical (unpaired) electrons. The van der Waals surface area contributed by atoms with Crippen molar-refractivity contribution in [1.82, 2.24) is 5.32 Å². The Balaban J connectivity index is 3.63. The Morgan fingerprint density at radius 2 is 1.19 bits per heavy atom. The van der Waals surface area contributed by atoms with Crippen molar-refractivity contribution >= 4 is 19.7 Å². The third-order valence-electron chi connectivity index (χ3n) is 7.21. The molecule has 2 unspecified atom stereocenters. The molecule has 0 aromatic heterocycles. The molecule has 3 N–H and O–H groups in total. The Labute approximate surface area is 291 Å². The molecule has 0 fully saturated rings. The van der Waals surface area contributed by atoms with Crippen molar-refractivity contribution in [3.8, 4) is 0 Å². The van der Waals surface area contributed by atoms with Crippen LogP contribution in [-0.2, 0) is 27.9 Å². The smallest absolute Gasteiger partial charge is 0.463 e. The number of aliphatic hydroxyl groups excluding tert-OH is 1. The van der Waals surface area contributed by atoms with E-state index < -0.39 is 26.5 Å². The summed E-state index contributed by atoms with van der Waals surface area (Å²) in [5.41, 5.74) is 0. The van der Waals surface area contributed by atoms with Crippen LogP contribution in [0.1, 0.15) is 136 Å². The minimum Gasteiger partial charge on any atom is -0.463 e. The maximum Gasteiger partial charge on any atom is 0.472 e. The number of aliphatic hydroxyl groups is 1. The molecule has 1 amide bonds. The monoisotopic (exact) mass is 695 g/mol. The summed E-state index contributed by atoms with van der Waals surface area (Å²) in [5, 5.41) is 12.5. The van der Waals surface area contributed by atoms with Gasteiger partial charge in [0.25, 0.3) is 0 Å². The highest BCUT2D eigenvalue weighted by molar-refractivity contribution is 7.47. The first-order chi connectivity index (χ1) is 23.3. The number of hydrogen-bond acceptors (Lipinski definition) is 7. The molecule has 2 atom stereocenters. The lowest BCUT2D eigenvalue weighted by Gasteiger charge is -2.15. The Morgan fingerprint density at radius 3 is 1.79 bits per heavy atom. The van der Waals surface area contributed by atoms with Crippen LogP contribution in [-0.4, -0.2) is 54.3 Å². The number of phosphoric acid groups is 1. The Bertz CT molecular complexity index is 976. The topological polar surface area (TPSA) is 131 Å². The van der Waals surface area contributed by atoms with Gasteiger partial charge in [-0.05, 0) is 57.8 Å². The number of amides is 1. The summed E-state index contributed by atoms with van der Waals surface area (Å²) < 4.78 is 26.5. The van der Waals surface area contributed by atoms with Gasteiger partial charge in [-0.1, -0.05) is 126 Å². The molecule has 0 aromatic rings. The first-order valence-corrected chi connectivity index (χ1v) is 19.8. The van der Waals surface area contributed by atoms with E-state index in [9.17, 15) is 24.2 Å². The zero-order valence-corrected chi connectivity index (χ0v) is 30.8. The highest BCUT2D eigenvalue weighted by Crippen LogP contribution is 2.42. The summed E-state index contributed by atoms with van der Waals surface area (Å²) in [6, 6.07) is 0. The molecule has 48 heavy (non-hydrogen) atoms. The molecule has 9 nitrogen and oxygen atoms in total. The first-order valence-electron chi connectivity index (χ1n) is 18.3. The van der Waals surface area contributed by atoms with Gasteiger partial charge in [0.15, 0.2) is 0 Å². The SMILES string of the molecule is CC/C=C\C/C=C\C/C=C\C/C=C\C/C=C\CCCCCCCCCC(=O)OCC(O)COP(=O)(O)OCCNC(=O)CCCCCC. The van der Waals surface area contributed by atoms with Crippen LogP contribution in [0.25, 0.3) is 0 Å². The number of carbonyl (C=O) groups excluding carboxylic acids is 2. The molecule has 0 aromatic carbocycles. The van der Waals surface area contributed by atoms with Crippen LogP contribution in [0.5, 0.6) is 0 Å². The van der Waals surface area contributed by atoms with Gasteiger partial charge in [0.2, 0.25) is 5.91 Å². The largest absolute Gasteiger partial charge is 0.472 e. The fraction of sp³-hybridized carbons (Fsp3) is 0.684. The van der Waals surface area contributed by atoms with E-state index in [1.54, 1.807) is 0 Å². The van der Waals surface area contributed by atoms with Crippen molar-refractivity contribution < 1.29 is 37.9 Å². The number of phosphoric ester groups is 1. The lowest BCUT2D eigenvalue weighted by atomic mass is 10.1. The fourth-order valence-electron chi connectivity index (χ4n) is 4.46. The molecule has 0 saturated carbocycles. The van der Waals surface area contributed by atoms with Crippen molar-refractivity contribution in [3.05, 3.63) is 60.8 Å². The third kappa shape index (κ3) is 35.0. The first kappa shape index (κ1) is 45.7. The normalized spacial score (nSPS) is 14.2. The predicted molar refractivity (Wildman–Crippen MR) is 196 cm³/mol. The van der Waals surface area contributed by atoms with E-state index in [1.807, 2.05) is 0 Å². The van der Waals surface area contributed by atoms with Gasteiger partial charge < -0.3 is 20.1 Å². The van der Waals surface area contributed by atoms with Gasteiger partial charge >= 0.3 is 13.8 Å². The lowest BCUT2D eigenvalue weighted by molar-refractivity contribution is -0.147. The number of nitrogens with one attached hydrogen (secondary N) is 1. The number of ether oxygens (including phenoxy) is 1. The second-order valence-corrected chi connectivity index (χ2v) is 13.3. The molecule has 0 bridgehead atoms. The van der Waals surface area contributed by atoms with Crippen molar-refractivity contribution in [3.63, 3.8) is 0 Å². The lowest BCUT2D eigenvalue weighted by Crippen LogP contribution is -2.27. The predicted octanol–water partition coefficient (Wildman–Crippen LogP) is 9.37. The summed E-state index contributed by atoms with van der Waals surface area (Å²) in [4.78, 5) is 33.4. The molecular formula is C38H66NO8P. The number of hydrogen-bond donors (Lipinski definition) is 3. The molecule has 0 aliphatic carbocycles. The minimum absolute atomic E-state index is 0.0759. The standard InChI is InChI=1S/C38H66NO8P/c1-3-5-7-9-10-11-12-13-14-15-16-17-18-19-20-21-22-23-24-25-26-27-29-31-38(42)45-34-36(40)35-47-48(43,44)46-33-32-39-37(41)30-28-8-6-4-2/h5,7,10-11,13-14,16-17,19-20,36,40H,3-4,6,8-9,12,15,18,21-35H2,1-2H3,(H,39,41)(H,43,44)/b7-5-,11-10-,14-13-,17-16-,20-19-. The zero-order valence-electron chi connectivity index (χ0n) is 29.9. The number of rotatable bonds is 33.